The van der Waals surface area contributed by atoms with Crippen LogP contribution in [0.1, 0.15) is 38.1 Å². The molecule has 0 aliphatic carbocycles. The van der Waals surface area contributed by atoms with Gasteiger partial charge in [0.25, 0.3) is 0 Å². The molecule has 0 unspecified atom stereocenters. The van der Waals surface area contributed by atoms with Crippen molar-refractivity contribution in [2.45, 2.75) is 39.9 Å². The highest BCUT2D eigenvalue weighted by Gasteiger charge is 2.29. The number of esters is 1. The Morgan fingerprint density at radius 2 is 1.61 bits per heavy atom. The standard InChI is InChI=1S/C15H22O3/c1-10(2)13(16)14(11(3)4)18-15(17)12-8-6-5-7-9-12/h5-11,13-14,16H,1-4H3/t13-,14-/m1/s1. The SMILES string of the molecule is CC(C)[C@@H](O)[C@H](OC(=O)c1ccccc1)C(C)C. The Balaban J connectivity index is 2.76. The molecular weight excluding hydrogens is 228 g/mol. The van der Waals surface area contributed by atoms with Gasteiger partial charge in [0.2, 0.25) is 0 Å². The van der Waals surface area contributed by atoms with Gasteiger partial charge in [0.05, 0.1) is 11.7 Å². The summed E-state index contributed by atoms with van der Waals surface area (Å²) < 4.78 is 5.43. The molecule has 0 saturated carbocycles. The van der Waals surface area contributed by atoms with Crippen molar-refractivity contribution in [3.8, 4) is 0 Å². The van der Waals surface area contributed by atoms with E-state index >= 15 is 0 Å². The summed E-state index contributed by atoms with van der Waals surface area (Å²) in [5, 5.41) is 10.1. The summed E-state index contributed by atoms with van der Waals surface area (Å²) >= 11 is 0. The van der Waals surface area contributed by atoms with Crippen LogP contribution in [-0.4, -0.2) is 23.3 Å². The molecule has 0 amide bonds. The van der Waals surface area contributed by atoms with E-state index in [9.17, 15) is 9.90 Å². The van der Waals surface area contributed by atoms with E-state index < -0.39 is 12.2 Å². The molecule has 2 atom stereocenters. The normalized spacial score (nSPS) is 14.6. The van der Waals surface area contributed by atoms with E-state index in [1.54, 1.807) is 24.3 Å². The maximum atomic E-state index is 12.0. The molecule has 0 bridgehead atoms. The lowest BCUT2D eigenvalue weighted by Gasteiger charge is -2.28. The number of hydrogen-bond donors (Lipinski definition) is 1. The van der Waals surface area contributed by atoms with E-state index in [4.69, 9.17) is 4.74 Å². The lowest BCUT2D eigenvalue weighted by atomic mass is 9.94. The average Bonchev–Trinajstić information content (AvgIpc) is 2.35. The van der Waals surface area contributed by atoms with Gasteiger partial charge in [-0.25, -0.2) is 4.79 Å². The van der Waals surface area contributed by atoms with Gasteiger partial charge in [0, 0.05) is 0 Å². The molecule has 0 saturated heterocycles. The minimum Gasteiger partial charge on any atom is -0.456 e. The third-order valence-corrected chi connectivity index (χ3v) is 2.93. The van der Waals surface area contributed by atoms with Crippen molar-refractivity contribution >= 4 is 5.97 Å². The fraction of sp³-hybridized carbons (Fsp3) is 0.533. The van der Waals surface area contributed by atoms with Crippen molar-refractivity contribution < 1.29 is 14.6 Å². The van der Waals surface area contributed by atoms with Crippen LogP contribution in [0.25, 0.3) is 0 Å². The minimum absolute atomic E-state index is 0.0565. The zero-order valence-corrected chi connectivity index (χ0v) is 11.5. The Kier molecular flexibility index (Phi) is 5.35. The summed E-state index contributed by atoms with van der Waals surface area (Å²) in [5.74, 6) is -0.245. The van der Waals surface area contributed by atoms with E-state index in [-0.39, 0.29) is 17.8 Å². The van der Waals surface area contributed by atoms with Crippen molar-refractivity contribution in [2.75, 3.05) is 0 Å². The molecule has 18 heavy (non-hydrogen) atoms. The largest absolute Gasteiger partial charge is 0.456 e. The van der Waals surface area contributed by atoms with Crippen molar-refractivity contribution in [3.63, 3.8) is 0 Å². The predicted octanol–water partition coefficient (Wildman–Crippen LogP) is 2.88. The van der Waals surface area contributed by atoms with Crippen LogP contribution in [0.15, 0.2) is 30.3 Å². The lowest BCUT2D eigenvalue weighted by molar-refractivity contribution is -0.0531. The van der Waals surface area contributed by atoms with Gasteiger partial charge < -0.3 is 9.84 Å². The van der Waals surface area contributed by atoms with Crippen molar-refractivity contribution in [1.29, 1.82) is 0 Å². The van der Waals surface area contributed by atoms with Gasteiger partial charge in [-0.15, -0.1) is 0 Å². The predicted molar refractivity (Wildman–Crippen MR) is 71.3 cm³/mol. The van der Waals surface area contributed by atoms with Crippen LogP contribution in [0.2, 0.25) is 0 Å². The van der Waals surface area contributed by atoms with Crippen molar-refractivity contribution in [2.24, 2.45) is 11.8 Å². The summed E-state index contributed by atoms with van der Waals surface area (Å²) in [5.41, 5.74) is 0.513. The monoisotopic (exact) mass is 250 g/mol. The van der Waals surface area contributed by atoms with Gasteiger partial charge in [-0.1, -0.05) is 45.9 Å². The summed E-state index contributed by atoms with van der Waals surface area (Å²) in [7, 11) is 0. The molecule has 1 N–H and O–H groups in total. The second-order valence-corrected chi connectivity index (χ2v) is 5.21. The Morgan fingerprint density at radius 1 is 1.06 bits per heavy atom. The average molecular weight is 250 g/mol. The summed E-state index contributed by atoms with van der Waals surface area (Å²) in [4.78, 5) is 12.0. The minimum atomic E-state index is -0.641. The molecule has 3 heteroatoms. The Bertz CT molecular complexity index is 371. The van der Waals surface area contributed by atoms with E-state index in [1.807, 2.05) is 33.8 Å². The van der Waals surface area contributed by atoms with Gasteiger partial charge in [0.1, 0.15) is 6.10 Å². The number of hydrogen-bond acceptors (Lipinski definition) is 3. The van der Waals surface area contributed by atoms with Gasteiger partial charge in [0.15, 0.2) is 0 Å². The van der Waals surface area contributed by atoms with Gasteiger partial charge in [-0.2, -0.15) is 0 Å². The number of aliphatic hydroxyl groups is 1. The van der Waals surface area contributed by atoms with E-state index in [0.717, 1.165) is 0 Å². The third kappa shape index (κ3) is 3.84. The lowest BCUT2D eigenvalue weighted by Crippen LogP contribution is -2.38. The number of benzene rings is 1. The van der Waals surface area contributed by atoms with Crippen LogP contribution in [0, 0.1) is 11.8 Å². The summed E-state index contributed by atoms with van der Waals surface area (Å²) in [6.07, 6.45) is -1.12. The van der Waals surface area contributed by atoms with Crippen LogP contribution in [0.5, 0.6) is 0 Å². The first-order valence-electron chi connectivity index (χ1n) is 6.37. The van der Waals surface area contributed by atoms with Crippen molar-refractivity contribution in [3.05, 3.63) is 35.9 Å². The number of carbonyl (C=O) groups excluding carboxylic acids is 1. The van der Waals surface area contributed by atoms with Gasteiger partial charge in [-0.05, 0) is 24.0 Å². The van der Waals surface area contributed by atoms with Crippen LogP contribution < -0.4 is 0 Å². The fourth-order valence-corrected chi connectivity index (χ4v) is 1.75. The molecule has 100 valence electrons. The maximum Gasteiger partial charge on any atom is 0.338 e. The Morgan fingerprint density at radius 3 is 2.06 bits per heavy atom. The first-order chi connectivity index (χ1) is 8.43. The number of carbonyl (C=O) groups is 1. The van der Waals surface area contributed by atoms with E-state index in [1.165, 1.54) is 0 Å². The zero-order chi connectivity index (χ0) is 13.7. The van der Waals surface area contributed by atoms with Gasteiger partial charge in [-0.3, -0.25) is 0 Å². The van der Waals surface area contributed by atoms with E-state index in [2.05, 4.69) is 0 Å². The second-order valence-electron chi connectivity index (χ2n) is 5.21. The molecule has 0 aliphatic rings. The smallest absolute Gasteiger partial charge is 0.338 e. The topological polar surface area (TPSA) is 46.5 Å². The third-order valence-electron chi connectivity index (χ3n) is 2.93. The Labute approximate surface area is 109 Å². The summed E-state index contributed by atoms with van der Waals surface area (Å²) in [6.45, 7) is 7.70. The molecule has 3 nitrogen and oxygen atoms in total. The van der Waals surface area contributed by atoms with Crippen LogP contribution in [0.4, 0.5) is 0 Å². The zero-order valence-electron chi connectivity index (χ0n) is 11.5. The molecule has 0 fully saturated rings. The van der Waals surface area contributed by atoms with Gasteiger partial charge >= 0.3 is 5.97 Å². The molecule has 1 rings (SSSR count). The molecular formula is C15H22O3. The summed E-state index contributed by atoms with van der Waals surface area (Å²) in [6, 6.07) is 8.85. The molecule has 0 aromatic heterocycles. The van der Waals surface area contributed by atoms with Crippen LogP contribution >= 0.6 is 0 Å². The molecule has 0 radical (unpaired) electrons. The Hall–Kier alpha value is -1.35. The fourth-order valence-electron chi connectivity index (χ4n) is 1.75. The first-order valence-corrected chi connectivity index (χ1v) is 6.37. The van der Waals surface area contributed by atoms with Crippen LogP contribution in [0.3, 0.4) is 0 Å². The highest BCUT2D eigenvalue weighted by Crippen LogP contribution is 2.19. The first kappa shape index (κ1) is 14.7. The number of rotatable bonds is 5. The highest BCUT2D eigenvalue weighted by molar-refractivity contribution is 5.89. The highest BCUT2D eigenvalue weighted by atomic mass is 16.6. The second kappa shape index (κ2) is 6.55. The molecule has 0 aliphatic heterocycles. The number of ether oxygens (including phenoxy) is 1. The van der Waals surface area contributed by atoms with Crippen LogP contribution in [-0.2, 0) is 4.74 Å². The van der Waals surface area contributed by atoms with Crippen molar-refractivity contribution in [1.82, 2.24) is 0 Å². The number of aliphatic hydroxyl groups excluding tert-OH is 1. The molecule has 0 heterocycles. The molecule has 0 spiro atoms. The molecule has 1 aromatic carbocycles. The molecule has 1 aromatic rings. The maximum absolute atomic E-state index is 12.0. The quantitative estimate of drug-likeness (QED) is 0.817. The van der Waals surface area contributed by atoms with E-state index in [0.29, 0.717) is 5.56 Å².